The third kappa shape index (κ3) is 2.55. The standard InChI is InChI=1S/C14H13N5OS/c1-20-9-5-6-10(13(15)16)11(8-9)21-14-18-17-12-4-2-3-7-19(12)14/h2-8H,1H3,(H3,15,16). The molecule has 3 N–H and O–H groups in total. The third-order valence-corrected chi connectivity index (χ3v) is 3.98. The average Bonchev–Trinajstić information content (AvgIpc) is 2.90. The number of hydrogen-bond acceptors (Lipinski definition) is 5. The summed E-state index contributed by atoms with van der Waals surface area (Å²) in [5.41, 5.74) is 7.05. The molecule has 2 heterocycles. The van der Waals surface area contributed by atoms with E-state index in [1.54, 1.807) is 19.2 Å². The van der Waals surface area contributed by atoms with E-state index in [9.17, 15) is 0 Å². The highest BCUT2D eigenvalue weighted by molar-refractivity contribution is 7.99. The summed E-state index contributed by atoms with van der Waals surface area (Å²) in [6.45, 7) is 0. The van der Waals surface area contributed by atoms with Crippen LogP contribution in [0.1, 0.15) is 5.56 Å². The van der Waals surface area contributed by atoms with Gasteiger partial charge in [0, 0.05) is 16.7 Å². The lowest BCUT2D eigenvalue weighted by Crippen LogP contribution is -2.12. The molecule has 0 saturated heterocycles. The number of nitrogens with two attached hydrogens (primary N) is 1. The molecule has 0 radical (unpaired) electrons. The van der Waals surface area contributed by atoms with Crippen LogP contribution in [0.5, 0.6) is 5.75 Å². The van der Waals surface area contributed by atoms with Crippen LogP contribution < -0.4 is 10.5 Å². The summed E-state index contributed by atoms with van der Waals surface area (Å²) in [5, 5.41) is 16.7. The fourth-order valence-corrected chi connectivity index (χ4v) is 2.92. The van der Waals surface area contributed by atoms with E-state index in [-0.39, 0.29) is 5.84 Å². The zero-order valence-corrected chi connectivity index (χ0v) is 12.1. The molecule has 0 aliphatic rings. The van der Waals surface area contributed by atoms with E-state index in [0.29, 0.717) is 16.5 Å². The Morgan fingerprint density at radius 1 is 1.29 bits per heavy atom. The molecule has 6 nitrogen and oxygen atoms in total. The van der Waals surface area contributed by atoms with Crippen LogP contribution in [-0.4, -0.2) is 27.5 Å². The van der Waals surface area contributed by atoms with Crippen molar-refractivity contribution in [3.05, 3.63) is 48.2 Å². The molecule has 0 bridgehead atoms. The Hall–Kier alpha value is -2.54. The first-order chi connectivity index (χ1) is 10.2. The summed E-state index contributed by atoms with van der Waals surface area (Å²) in [5.74, 6) is 0.713. The van der Waals surface area contributed by atoms with Crippen LogP contribution in [0.25, 0.3) is 5.65 Å². The van der Waals surface area contributed by atoms with Gasteiger partial charge in [0.1, 0.15) is 11.6 Å². The number of nitrogens with zero attached hydrogens (tertiary/aromatic N) is 3. The van der Waals surface area contributed by atoms with Gasteiger partial charge in [-0.3, -0.25) is 9.81 Å². The molecule has 2 aromatic heterocycles. The van der Waals surface area contributed by atoms with Gasteiger partial charge < -0.3 is 10.5 Å². The number of amidine groups is 1. The molecule has 0 atom stereocenters. The van der Waals surface area contributed by atoms with Crippen LogP contribution in [0.15, 0.2) is 52.6 Å². The molecule has 7 heteroatoms. The minimum atomic E-state index is 0.00831. The molecule has 3 aromatic rings. The van der Waals surface area contributed by atoms with Gasteiger partial charge in [0.2, 0.25) is 0 Å². The largest absolute Gasteiger partial charge is 0.497 e. The summed E-state index contributed by atoms with van der Waals surface area (Å²) in [6.07, 6.45) is 1.89. The Labute approximate surface area is 125 Å². The number of nitrogens with one attached hydrogen (secondary N) is 1. The van der Waals surface area contributed by atoms with E-state index >= 15 is 0 Å². The number of rotatable bonds is 4. The smallest absolute Gasteiger partial charge is 0.200 e. The van der Waals surface area contributed by atoms with E-state index in [0.717, 1.165) is 10.5 Å². The van der Waals surface area contributed by atoms with Crippen molar-refractivity contribution < 1.29 is 4.74 Å². The van der Waals surface area contributed by atoms with E-state index in [1.807, 2.05) is 34.9 Å². The van der Waals surface area contributed by atoms with Crippen molar-refractivity contribution >= 4 is 23.2 Å². The maximum Gasteiger partial charge on any atom is 0.200 e. The minimum Gasteiger partial charge on any atom is -0.497 e. The first-order valence-corrected chi connectivity index (χ1v) is 7.01. The van der Waals surface area contributed by atoms with Crippen LogP contribution in [0, 0.1) is 5.41 Å². The van der Waals surface area contributed by atoms with Gasteiger partial charge in [0.15, 0.2) is 10.8 Å². The first-order valence-electron chi connectivity index (χ1n) is 6.19. The van der Waals surface area contributed by atoms with Gasteiger partial charge in [0.05, 0.1) is 7.11 Å². The topological polar surface area (TPSA) is 89.3 Å². The third-order valence-electron chi connectivity index (χ3n) is 2.96. The van der Waals surface area contributed by atoms with Crippen molar-refractivity contribution in [1.29, 1.82) is 5.41 Å². The molecule has 21 heavy (non-hydrogen) atoms. The molecule has 1 aromatic carbocycles. The highest BCUT2D eigenvalue weighted by Gasteiger charge is 2.13. The number of pyridine rings is 1. The summed E-state index contributed by atoms with van der Waals surface area (Å²) in [7, 11) is 1.60. The molecule has 0 saturated carbocycles. The number of methoxy groups -OCH3 is 1. The molecule has 3 rings (SSSR count). The number of hydrogen-bond donors (Lipinski definition) is 2. The summed E-state index contributed by atoms with van der Waals surface area (Å²) in [6, 6.07) is 11.1. The minimum absolute atomic E-state index is 0.00831. The molecule has 0 unspecified atom stereocenters. The van der Waals surface area contributed by atoms with E-state index in [1.165, 1.54) is 11.8 Å². The summed E-state index contributed by atoms with van der Waals surface area (Å²) in [4.78, 5) is 0.806. The van der Waals surface area contributed by atoms with Crippen molar-refractivity contribution in [2.24, 2.45) is 5.73 Å². The van der Waals surface area contributed by atoms with Gasteiger partial charge in [-0.2, -0.15) is 0 Å². The van der Waals surface area contributed by atoms with Gasteiger partial charge in [-0.15, -0.1) is 10.2 Å². The number of nitrogen functional groups attached to an aromatic ring is 1. The molecular weight excluding hydrogens is 286 g/mol. The average molecular weight is 299 g/mol. The van der Waals surface area contributed by atoms with Gasteiger partial charge >= 0.3 is 0 Å². The monoisotopic (exact) mass is 299 g/mol. The summed E-state index contributed by atoms with van der Waals surface area (Å²) >= 11 is 1.40. The summed E-state index contributed by atoms with van der Waals surface area (Å²) < 4.78 is 7.11. The normalized spacial score (nSPS) is 10.7. The quantitative estimate of drug-likeness (QED) is 0.569. The maximum atomic E-state index is 7.68. The predicted molar refractivity (Wildman–Crippen MR) is 81.1 cm³/mol. The number of benzene rings is 1. The molecule has 0 aliphatic carbocycles. The zero-order valence-electron chi connectivity index (χ0n) is 11.3. The zero-order chi connectivity index (χ0) is 14.8. The Kier molecular flexibility index (Phi) is 3.49. The predicted octanol–water partition coefficient (Wildman–Crippen LogP) is 2.17. The highest BCUT2D eigenvalue weighted by atomic mass is 32.2. The Morgan fingerprint density at radius 3 is 2.90 bits per heavy atom. The fraction of sp³-hybridized carbons (Fsp3) is 0.0714. The van der Waals surface area contributed by atoms with Gasteiger partial charge in [-0.25, -0.2) is 0 Å². The number of aromatic nitrogens is 3. The first kappa shape index (κ1) is 13.4. The van der Waals surface area contributed by atoms with E-state index < -0.39 is 0 Å². The number of ether oxygens (including phenoxy) is 1. The highest BCUT2D eigenvalue weighted by Crippen LogP contribution is 2.32. The Morgan fingerprint density at radius 2 is 2.14 bits per heavy atom. The second kappa shape index (κ2) is 5.45. The van der Waals surface area contributed by atoms with Gasteiger partial charge in [0.25, 0.3) is 0 Å². The number of fused-ring (bicyclic) bond motifs is 1. The lowest BCUT2D eigenvalue weighted by molar-refractivity contribution is 0.413. The van der Waals surface area contributed by atoms with Crippen LogP contribution in [0.4, 0.5) is 0 Å². The van der Waals surface area contributed by atoms with Crippen LogP contribution in [-0.2, 0) is 0 Å². The fourth-order valence-electron chi connectivity index (χ4n) is 1.92. The van der Waals surface area contributed by atoms with Crippen molar-refractivity contribution in [2.45, 2.75) is 10.1 Å². The second-order valence-electron chi connectivity index (χ2n) is 4.29. The van der Waals surface area contributed by atoms with Crippen LogP contribution in [0.2, 0.25) is 0 Å². The van der Waals surface area contributed by atoms with Crippen molar-refractivity contribution in [3.63, 3.8) is 0 Å². The molecule has 0 fully saturated rings. The maximum absolute atomic E-state index is 7.68. The Balaban J connectivity index is 2.06. The Bertz CT molecular complexity index is 814. The van der Waals surface area contributed by atoms with Gasteiger partial charge in [-0.05, 0) is 42.1 Å². The van der Waals surface area contributed by atoms with Gasteiger partial charge in [-0.1, -0.05) is 6.07 Å². The van der Waals surface area contributed by atoms with Crippen molar-refractivity contribution in [3.8, 4) is 5.75 Å². The van der Waals surface area contributed by atoms with Crippen molar-refractivity contribution in [2.75, 3.05) is 7.11 Å². The van der Waals surface area contributed by atoms with Crippen molar-refractivity contribution in [1.82, 2.24) is 14.6 Å². The second-order valence-corrected chi connectivity index (χ2v) is 5.30. The molecule has 106 valence electrons. The van der Waals surface area contributed by atoms with Crippen LogP contribution >= 0.6 is 11.8 Å². The molecule has 0 spiro atoms. The molecular formula is C14H13N5OS. The lowest BCUT2D eigenvalue weighted by atomic mass is 10.2. The SMILES string of the molecule is COc1ccc(C(=N)N)c(Sc2nnc3ccccn23)c1. The molecule has 0 amide bonds. The van der Waals surface area contributed by atoms with Crippen LogP contribution in [0.3, 0.4) is 0 Å². The van der Waals surface area contributed by atoms with E-state index in [4.69, 9.17) is 15.9 Å². The lowest BCUT2D eigenvalue weighted by Gasteiger charge is -2.09. The molecule has 0 aliphatic heterocycles. The van der Waals surface area contributed by atoms with E-state index in [2.05, 4.69) is 10.2 Å².